The highest BCUT2D eigenvalue weighted by atomic mass is 35.5. The molecule has 3 heteroatoms. The monoisotopic (exact) mass is 324 g/mol. The van der Waals surface area contributed by atoms with Gasteiger partial charge in [0.2, 0.25) is 0 Å². The third-order valence-electron chi connectivity index (χ3n) is 3.84. The molecule has 0 fully saturated rings. The van der Waals surface area contributed by atoms with E-state index in [9.17, 15) is 4.79 Å². The van der Waals surface area contributed by atoms with Crippen molar-refractivity contribution in [1.82, 2.24) is 0 Å². The Bertz CT molecular complexity index is 760. The minimum Gasteiger partial charge on any atom is -0.488 e. The van der Waals surface area contributed by atoms with Gasteiger partial charge in [-0.2, -0.15) is 0 Å². The fraction of sp³-hybridized carbons (Fsp3) is 0.150. The standard InChI is InChI=1S/C20H17ClO2/c21-13-17-11-18(10-15-4-2-1-3-5-15)19-12-16(8-9-22)6-7-20(19)23-14-17/h1-7,9,11-13H,8,10,14H2. The summed E-state index contributed by atoms with van der Waals surface area (Å²) >= 11 is 5.91. The van der Waals surface area contributed by atoms with Gasteiger partial charge in [-0.1, -0.05) is 54.1 Å². The van der Waals surface area contributed by atoms with Gasteiger partial charge in [0.1, 0.15) is 18.6 Å². The average molecular weight is 325 g/mol. The summed E-state index contributed by atoms with van der Waals surface area (Å²) in [6.45, 7) is 0.446. The van der Waals surface area contributed by atoms with Gasteiger partial charge in [-0.15, -0.1) is 0 Å². The molecular weight excluding hydrogens is 308 g/mol. The molecule has 3 rings (SSSR count). The first-order valence-corrected chi connectivity index (χ1v) is 7.97. The summed E-state index contributed by atoms with van der Waals surface area (Å²) in [6.07, 6.45) is 4.19. The number of hydrogen-bond donors (Lipinski definition) is 0. The molecule has 0 unspecified atom stereocenters. The first-order chi connectivity index (χ1) is 11.3. The molecule has 0 N–H and O–H groups in total. The molecule has 23 heavy (non-hydrogen) atoms. The van der Waals surface area contributed by atoms with Crippen LogP contribution in [0.1, 0.15) is 16.7 Å². The molecule has 0 spiro atoms. The molecule has 1 aliphatic heterocycles. The minimum atomic E-state index is 0.407. The van der Waals surface area contributed by atoms with Crippen molar-refractivity contribution in [2.75, 3.05) is 6.61 Å². The fourth-order valence-corrected chi connectivity index (χ4v) is 2.83. The van der Waals surface area contributed by atoms with Crippen LogP contribution in [0.4, 0.5) is 0 Å². The Balaban J connectivity index is 2.04. The molecule has 0 radical (unpaired) electrons. The molecule has 0 amide bonds. The molecule has 0 saturated carbocycles. The third kappa shape index (κ3) is 3.72. The van der Waals surface area contributed by atoms with Gasteiger partial charge in [0.05, 0.1) is 0 Å². The molecule has 0 aromatic heterocycles. The van der Waals surface area contributed by atoms with E-state index >= 15 is 0 Å². The maximum atomic E-state index is 10.8. The summed E-state index contributed by atoms with van der Waals surface area (Å²) in [4.78, 5) is 10.8. The Labute approximate surface area is 141 Å². The van der Waals surface area contributed by atoms with E-state index < -0.39 is 0 Å². The largest absolute Gasteiger partial charge is 0.488 e. The smallest absolute Gasteiger partial charge is 0.127 e. The van der Waals surface area contributed by atoms with Crippen molar-refractivity contribution in [3.05, 3.63) is 82.4 Å². The summed E-state index contributed by atoms with van der Waals surface area (Å²) in [6, 6.07) is 16.2. The number of carbonyl (C=O) groups is 1. The number of allylic oxidation sites excluding steroid dienone is 1. The van der Waals surface area contributed by atoms with E-state index in [0.29, 0.717) is 13.0 Å². The number of ether oxygens (including phenoxy) is 1. The van der Waals surface area contributed by atoms with Crippen LogP contribution in [-0.2, 0) is 17.6 Å². The van der Waals surface area contributed by atoms with Crippen LogP contribution in [0.3, 0.4) is 0 Å². The zero-order valence-electron chi connectivity index (χ0n) is 12.7. The van der Waals surface area contributed by atoms with Crippen molar-refractivity contribution in [2.24, 2.45) is 0 Å². The SMILES string of the molecule is O=CCc1ccc2c(c1)C(Cc1ccccc1)=CC(=CCl)CO2. The maximum Gasteiger partial charge on any atom is 0.127 e. The lowest BCUT2D eigenvalue weighted by Gasteiger charge is -2.12. The van der Waals surface area contributed by atoms with Crippen molar-refractivity contribution >= 4 is 23.5 Å². The molecule has 0 bridgehead atoms. The van der Waals surface area contributed by atoms with Crippen LogP contribution < -0.4 is 4.74 Å². The second-order valence-electron chi connectivity index (χ2n) is 5.51. The molecule has 0 atom stereocenters. The molecule has 1 aliphatic rings. The highest BCUT2D eigenvalue weighted by Crippen LogP contribution is 2.33. The molecule has 116 valence electrons. The fourth-order valence-electron chi connectivity index (χ4n) is 2.71. The second kappa shape index (κ2) is 7.30. The molecule has 1 heterocycles. The van der Waals surface area contributed by atoms with Gasteiger partial charge in [0, 0.05) is 23.1 Å². The highest BCUT2D eigenvalue weighted by molar-refractivity contribution is 6.26. The number of halogens is 1. The number of carbonyl (C=O) groups excluding carboxylic acids is 1. The van der Waals surface area contributed by atoms with Gasteiger partial charge in [-0.05, 0) is 35.3 Å². The van der Waals surface area contributed by atoms with E-state index in [1.165, 1.54) is 5.56 Å². The normalized spacial score (nSPS) is 15.3. The lowest BCUT2D eigenvalue weighted by Crippen LogP contribution is -1.99. The summed E-state index contributed by atoms with van der Waals surface area (Å²) in [5, 5.41) is 0. The van der Waals surface area contributed by atoms with Gasteiger partial charge in [0.15, 0.2) is 0 Å². The zero-order chi connectivity index (χ0) is 16.1. The Hall–Kier alpha value is -2.32. The molecule has 2 nitrogen and oxygen atoms in total. The van der Waals surface area contributed by atoms with E-state index in [1.54, 1.807) is 5.54 Å². The van der Waals surface area contributed by atoms with E-state index in [-0.39, 0.29) is 0 Å². The van der Waals surface area contributed by atoms with Crippen LogP contribution >= 0.6 is 11.6 Å². The van der Waals surface area contributed by atoms with Crippen LogP contribution in [-0.4, -0.2) is 12.9 Å². The Kier molecular flexibility index (Phi) is 4.94. The van der Waals surface area contributed by atoms with Crippen LogP contribution in [0.5, 0.6) is 5.75 Å². The van der Waals surface area contributed by atoms with E-state index in [4.69, 9.17) is 16.3 Å². The number of aldehydes is 1. The summed E-state index contributed by atoms with van der Waals surface area (Å²) in [5.41, 5.74) is 6.88. The predicted molar refractivity (Wildman–Crippen MR) is 93.8 cm³/mol. The van der Waals surface area contributed by atoms with Gasteiger partial charge < -0.3 is 9.53 Å². The summed E-state index contributed by atoms with van der Waals surface area (Å²) in [7, 11) is 0. The van der Waals surface area contributed by atoms with Gasteiger partial charge in [0.25, 0.3) is 0 Å². The number of benzene rings is 2. The van der Waals surface area contributed by atoms with Gasteiger partial charge in [-0.25, -0.2) is 0 Å². The summed E-state index contributed by atoms with van der Waals surface area (Å²) < 4.78 is 5.86. The maximum absolute atomic E-state index is 10.8. The second-order valence-corrected chi connectivity index (χ2v) is 5.72. The third-order valence-corrected chi connectivity index (χ3v) is 4.12. The molecular formula is C20H17ClO2. The van der Waals surface area contributed by atoms with Crippen molar-refractivity contribution in [2.45, 2.75) is 12.8 Å². The Morgan fingerprint density at radius 2 is 1.91 bits per heavy atom. The van der Waals surface area contributed by atoms with Crippen LogP contribution in [0.15, 0.2) is 65.7 Å². The first-order valence-electron chi connectivity index (χ1n) is 7.53. The van der Waals surface area contributed by atoms with Gasteiger partial charge in [-0.3, -0.25) is 0 Å². The highest BCUT2D eigenvalue weighted by Gasteiger charge is 2.15. The Morgan fingerprint density at radius 1 is 1.09 bits per heavy atom. The lowest BCUT2D eigenvalue weighted by atomic mass is 9.94. The van der Waals surface area contributed by atoms with Crippen LogP contribution in [0.2, 0.25) is 0 Å². The van der Waals surface area contributed by atoms with Crippen molar-refractivity contribution in [3.63, 3.8) is 0 Å². The number of rotatable bonds is 4. The molecule has 2 aromatic rings. The molecule has 0 saturated heterocycles. The molecule has 0 aliphatic carbocycles. The lowest BCUT2D eigenvalue weighted by molar-refractivity contribution is -0.107. The topological polar surface area (TPSA) is 26.3 Å². The van der Waals surface area contributed by atoms with Crippen molar-refractivity contribution < 1.29 is 9.53 Å². The van der Waals surface area contributed by atoms with E-state index in [2.05, 4.69) is 18.2 Å². The molecule has 2 aromatic carbocycles. The predicted octanol–water partition coefficient (Wildman–Crippen LogP) is 4.57. The zero-order valence-corrected chi connectivity index (χ0v) is 13.4. The van der Waals surface area contributed by atoms with Crippen molar-refractivity contribution in [3.8, 4) is 5.75 Å². The number of fused-ring (bicyclic) bond motifs is 1. The summed E-state index contributed by atoms with van der Waals surface area (Å²) in [5.74, 6) is 0.829. The first kappa shape index (κ1) is 15.6. The van der Waals surface area contributed by atoms with E-state index in [1.807, 2.05) is 36.4 Å². The van der Waals surface area contributed by atoms with Gasteiger partial charge >= 0.3 is 0 Å². The average Bonchev–Trinajstić information content (AvgIpc) is 2.76. The van der Waals surface area contributed by atoms with Crippen LogP contribution in [0.25, 0.3) is 5.57 Å². The minimum absolute atomic E-state index is 0.407. The Morgan fingerprint density at radius 3 is 2.65 bits per heavy atom. The van der Waals surface area contributed by atoms with E-state index in [0.717, 1.165) is 40.7 Å². The van der Waals surface area contributed by atoms with Crippen LogP contribution in [0, 0.1) is 0 Å². The van der Waals surface area contributed by atoms with Crippen molar-refractivity contribution in [1.29, 1.82) is 0 Å². The number of hydrogen-bond acceptors (Lipinski definition) is 2. The quantitative estimate of drug-likeness (QED) is 0.770.